The van der Waals surface area contributed by atoms with Crippen molar-refractivity contribution in [3.8, 4) is 0 Å². The quantitative estimate of drug-likeness (QED) is 0.598. The van der Waals surface area contributed by atoms with Gasteiger partial charge in [-0.15, -0.1) is 0 Å². The minimum atomic E-state index is -3.20. The van der Waals surface area contributed by atoms with E-state index in [-0.39, 0.29) is 18.2 Å². The van der Waals surface area contributed by atoms with Crippen LogP contribution in [0, 0.1) is 5.92 Å². The zero-order valence-corrected chi connectivity index (χ0v) is 14.3. The van der Waals surface area contributed by atoms with Crippen LogP contribution in [-0.4, -0.2) is 50.0 Å². The molecular formula is C13H28BO5P. The van der Waals surface area contributed by atoms with Crippen molar-refractivity contribution >= 4 is 15.4 Å². The molecule has 5 nitrogen and oxygen atoms in total. The lowest BCUT2D eigenvalue weighted by molar-refractivity contribution is -0.145. The van der Waals surface area contributed by atoms with E-state index in [0.29, 0.717) is 12.3 Å². The maximum absolute atomic E-state index is 12.3. The molecule has 1 aliphatic rings. The van der Waals surface area contributed by atoms with Crippen molar-refractivity contribution in [1.82, 2.24) is 0 Å². The van der Waals surface area contributed by atoms with Crippen LogP contribution in [0.1, 0.15) is 40.5 Å². The predicted molar refractivity (Wildman–Crippen MR) is 81.9 cm³/mol. The normalized spacial score (nSPS) is 34.4. The van der Waals surface area contributed by atoms with E-state index in [4.69, 9.17) is 13.8 Å². The van der Waals surface area contributed by atoms with E-state index < -0.39 is 19.8 Å². The van der Waals surface area contributed by atoms with Gasteiger partial charge in [-0.3, -0.25) is 9.09 Å². The summed E-state index contributed by atoms with van der Waals surface area (Å²) < 4.78 is 29.2. The zero-order valence-electron chi connectivity index (χ0n) is 13.4. The molecule has 7 heteroatoms. The fourth-order valence-corrected chi connectivity index (χ4v) is 4.11. The number of hydrogen-bond donors (Lipinski definition) is 1. The van der Waals surface area contributed by atoms with Crippen molar-refractivity contribution in [1.29, 1.82) is 0 Å². The first-order chi connectivity index (χ1) is 9.10. The van der Waals surface area contributed by atoms with Gasteiger partial charge in [-0.1, -0.05) is 13.8 Å². The van der Waals surface area contributed by atoms with Crippen molar-refractivity contribution in [3.63, 3.8) is 0 Å². The third-order valence-corrected chi connectivity index (χ3v) is 4.58. The molecule has 0 aromatic rings. The van der Waals surface area contributed by atoms with Crippen molar-refractivity contribution in [2.75, 3.05) is 6.66 Å². The predicted octanol–water partition coefficient (Wildman–Crippen LogP) is 1.77. The molecule has 0 radical (unpaired) electrons. The van der Waals surface area contributed by atoms with Gasteiger partial charge >= 0.3 is 7.60 Å². The highest BCUT2D eigenvalue weighted by molar-refractivity contribution is 7.53. The molecule has 5 atom stereocenters. The molecule has 1 saturated heterocycles. The van der Waals surface area contributed by atoms with Crippen LogP contribution in [-0.2, 0) is 18.3 Å². The molecule has 1 aliphatic heterocycles. The molecule has 0 bridgehead atoms. The van der Waals surface area contributed by atoms with Gasteiger partial charge in [0, 0.05) is 12.7 Å². The minimum absolute atomic E-state index is 0.0177. The number of ether oxygens (including phenoxy) is 1. The van der Waals surface area contributed by atoms with Crippen LogP contribution in [0.25, 0.3) is 0 Å². The lowest BCUT2D eigenvalue weighted by atomic mass is 9.85. The summed E-state index contributed by atoms with van der Waals surface area (Å²) in [6.07, 6.45) is -0.461. The summed E-state index contributed by atoms with van der Waals surface area (Å²) in [6, 6.07) is -0.0177. The Morgan fingerprint density at radius 1 is 1.40 bits per heavy atom. The second-order valence-corrected chi connectivity index (χ2v) is 8.38. The average Bonchev–Trinajstić information content (AvgIpc) is 2.20. The van der Waals surface area contributed by atoms with Crippen molar-refractivity contribution in [2.45, 2.75) is 71.0 Å². The molecule has 1 rings (SSSR count). The molecule has 0 saturated carbocycles. The standard InChI is InChI=1S/C13H28BO5P/c1-8(2)6-11-13(10(15)7-12(14)17-11)19-20(5,16)18-9(3)4/h8-13,15H,6-7,14H2,1-5H3. The molecule has 0 aromatic heterocycles. The maximum Gasteiger partial charge on any atom is 0.328 e. The van der Waals surface area contributed by atoms with Crippen LogP contribution in [0.2, 0.25) is 0 Å². The average molecular weight is 306 g/mol. The Bertz CT molecular complexity index is 348. The van der Waals surface area contributed by atoms with Crippen LogP contribution in [0.3, 0.4) is 0 Å². The summed E-state index contributed by atoms with van der Waals surface area (Å²) >= 11 is 0. The summed E-state index contributed by atoms with van der Waals surface area (Å²) in [6.45, 7) is 9.23. The summed E-state index contributed by atoms with van der Waals surface area (Å²) in [4.78, 5) is 0. The number of rotatable bonds is 6. The first-order valence-corrected chi connectivity index (χ1v) is 9.37. The smallest absolute Gasteiger partial charge is 0.328 e. The van der Waals surface area contributed by atoms with E-state index in [0.717, 1.165) is 6.42 Å². The number of hydrogen-bond acceptors (Lipinski definition) is 5. The molecule has 5 unspecified atom stereocenters. The van der Waals surface area contributed by atoms with Gasteiger partial charge in [0.1, 0.15) is 14.0 Å². The van der Waals surface area contributed by atoms with E-state index in [9.17, 15) is 9.67 Å². The molecule has 0 amide bonds. The van der Waals surface area contributed by atoms with E-state index in [1.165, 1.54) is 6.66 Å². The van der Waals surface area contributed by atoms with Gasteiger partial charge in [-0.05, 0) is 32.6 Å². The molecule has 118 valence electrons. The lowest BCUT2D eigenvalue weighted by Gasteiger charge is -2.40. The van der Waals surface area contributed by atoms with Crippen LogP contribution in [0.5, 0.6) is 0 Å². The summed E-state index contributed by atoms with van der Waals surface area (Å²) in [5.41, 5.74) is 0. The molecule has 0 aliphatic carbocycles. The largest absolute Gasteiger partial charge is 0.390 e. The Kier molecular flexibility index (Phi) is 6.74. The molecule has 0 aromatic carbocycles. The topological polar surface area (TPSA) is 65.0 Å². The molecular weight excluding hydrogens is 278 g/mol. The van der Waals surface area contributed by atoms with Crippen LogP contribution in [0.15, 0.2) is 0 Å². The molecule has 0 spiro atoms. The Hall–Kier alpha value is 0.135. The van der Waals surface area contributed by atoms with E-state index in [1.54, 1.807) is 13.8 Å². The molecule has 1 N–H and O–H groups in total. The summed E-state index contributed by atoms with van der Waals surface area (Å²) in [7, 11) is -1.26. The monoisotopic (exact) mass is 306 g/mol. The highest BCUT2D eigenvalue weighted by Crippen LogP contribution is 2.48. The summed E-state index contributed by atoms with van der Waals surface area (Å²) in [5.74, 6) is 0.408. The van der Waals surface area contributed by atoms with Crippen molar-refractivity contribution in [3.05, 3.63) is 0 Å². The number of aliphatic hydroxyl groups is 1. The molecule has 20 heavy (non-hydrogen) atoms. The van der Waals surface area contributed by atoms with Gasteiger partial charge < -0.3 is 14.4 Å². The highest BCUT2D eigenvalue weighted by atomic mass is 31.2. The van der Waals surface area contributed by atoms with E-state index in [1.807, 2.05) is 7.85 Å². The highest BCUT2D eigenvalue weighted by Gasteiger charge is 2.40. The van der Waals surface area contributed by atoms with E-state index >= 15 is 0 Å². The van der Waals surface area contributed by atoms with E-state index in [2.05, 4.69) is 13.8 Å². The third kappa shape index (κ3) is 5.86. The molecule has 1 fully saturated rings. The summed E-state index contributed by atoms with van der Waals surface area (Å²) in [5, 5.41) is 10.2. The van der Waals surface area contributed by atoms with Crippen molar-refractivity contribution < 1.29 is 23.5 Å². The number of aliphatic hydroxyl groups excluding tert-OH is 1. The van der Waals surface area contributed by atoms with Gasteiger partial charge in [0.05, 0.1) is 18.3 Å². The fourth-order valence-electron chi connectivity index (χ4n) is 2.57. The second kappa shape index (κ2) is 7.41. The Morgan fingerprint density at radius 3 is 2.50 bits per heavy atom. The Balaban J connectivity index is 2.78. The SMILES string of the molecule is BC1CC(O)C(OP(C)(=O)OC(C)C)C(CC(C)C)O1. The van der Waals surface area contributed by atoms with Crippen LogP contribution >= 0.6 is 7.60 Å². The van der Waals surface area contributed by atoms with Gasteiger partial charge in [-0.2, -0.15) is 0 Å². The lowest BCUT2D eigenvalue weighted by Crippen LogP contribution is -2.50. The van der Waals surface area contributed by atoms with Gasteiger partial charge in [0.25, 0.3) is 0 Å². The van der Waals surface area contributed by atoms with Crippen LogP contribution in [0.4, 0.5) is 0 Å². The van der Waals surface area contributed by atoms with Gasteiger partial charge in [0.15, 0.2) is 0 Å². The zero-order chi connectivity index (χ0) is 15.5. The van der Waals surface area contributed by atoms with Crippen LogP contribution < -0.4 is 0 Å². The maximum atomic E-state index is 12.3. The first kappa shape index (κ1) is 18.2. The van der Waals surface area contributed by atoms with Gasteiger partial charge in [-0.25, -0.2) is 0 Å². The Labute approximate surface area is 123 Å². The first-order valence-electron chi connectivity index (χ1n) is 7.38. The third-order valence-electron chi connectivity index (χ3n) is 3.15. The Morgan fingerprint density at radius 2 is 2.00 bits per heavy atom. The fraction of sp³-hybridized carbons (Fsp3) is 1.00. The second-order valence-electron chi connectivity index (χ2n) is 6.41. The van der Waals surface area contributed by atoms with Gasteiger partial charge in [0.2, 0.25) is 0 Å². The van der Waals surface area contributed by atoms with Crippen molar-refractivity contribution in [2.24, 2.45) is 5.92 Å². The molecule has 1 heterocycles. The minimum Gasteiger partial charge on any atom is -0.390 e.